The van der Waals surface area contributed by atoms with E-state index in [9.17, 15) is 8.42 Å². The third-order valence-corrected chi connectivity index (χ3v) is 6.47. The number of anilines is 1. The van der Waals surface area contributed by atoms with Crippen LogP contribution in [0.15, 0.2) is 77.7 Å². The zero-order valence-corrected chi connectivity index (χ0v) is 17.1. The van der Waals surface area contributed by atoms with E-state index >= 15 is 0 Å². The van der Waals surface area contributed by atoms with Gasteiger partial charge < -0.3 is 9.47 Å². The lowest BCUT2D eigenvalue weighted by atomic mass is 10.2. The molecule has 0 bridgehead atoms. The molecule has 0 aliphatic carbocycles. The summed E-state index contributed by atoms with van der Waals surface area (Å²) in [5, 5.41) is 0.162. The molecule has 0 aliphatic rings. The number of ether oxygens (including phenoxy) is 2. The SMILES string of the molecule is COc1cc(OC)cc(N(Cc2ccccc2)S(=O)(=O)c2ccccc2Cl)c1. The molecule has 0 spiro atoms. The van der Waals surface area contributed by atoms with E-state index < -0.39 is 10.0 Å². The number of rotatable bonds is 7. The largest absolute Gasteiger partial charge is 0.497 e. The number of methoxy groups -OCH3 is 2. The average Bonchev–Trinajstić information content (AvgIpc) is 2.72. The van der Waals surface area contributed by atoms with Crippen LogP contribution in [0, 0.1) is 0 Å². The van der Waals surface area contributed by atoms with Crippen molar-refractivity contribution in [1.82, 2.24) is 0 Å². The van der Waals surface area contributed by atoms with E-state index in [2.05, 4.69) is 0 Å². The van der Waals surface area contributed by atoms with Gasteiger partial charge in [-0.25, -0.2) is 8.42 Å². The molecule has 5 nitrogen and oxygen atoms in total. The van der Waals surface area contributed by atoms with Crippen LogP contribution in [-0.4, -0.2) is 22.6 Å². The van der Waals surface area contributed by atoms with Crippen LogP contribution in [0.25, 0.3) is 0 Å². The highest BCUT2D eigenvalue weighted by atomic mass is 35.5. The highest BCUT2D eigenvalue weighted by Gasteiger charge is 2.28. The monoisotopic (exact) mass is 417 g/mol. The fourth-order valence-electron chi connectivity index (χ4n) is 2.77. The average molecular weight is 418 g/mol. The van der Waals surface area contributed by atoms with Gasteiger partial charge in [0.1, 0.15) is 16.4 Å². The first-order valence-electron chi connectivity index (χ1n) is 8.50. The Morgan fingerprint density at radius 3 is 2.00 bits per heavy atom. The first-order chi connectivity index (χ1) is 13.5. The number of halogens is 1. The molecule has 0 unspecified atom stereocenters. The van der Waals surface area contributed by atoms with Crippen molar-refractivity contribution < 1.29 is 17.9 Å². The molecule has 0 saturated heterocycles. The normalized spacial score (nSPS) is 11.1. The smallest absolute Gasteiger partial charge is 0.266 e. The fourth-order valence-corrected chi connectivity index (χ4v) is 4.71. The summed E-state index contributed by atoms with van der Waals surface area (Å²) in [6.45, 7) is 0.130. The van der Waals surface area contributed by atoms with E-state index in [1.54, 1.807) is 36.4 Å². The molecule has 0 amide bonds. The van der Waals surface area contributed by atoms with Crippen LogP contribution in [0.2, 0.25) is 5.02 Å². The molecular formula is C21H20ClNO4S. The van der Waals surface area contributed by atoms with Crippen LogP contribution in [0.3, 0.4) is 0 Å². The quantitative estimate of drug-likeness (QED) is 0.556. The number of sulfonamides is 1. The van der Waals surface area contributed by atoms with Crippen molar-refractivity contribution in [3.05, 3.63) is 83.4 Å². The van der Waals surface area contributed by atoms with Crippen LogP contribution >= 0.6 is 11.6 Å². The number of hydrogen-bond acceptors (Lipinski definition) is 4. The van der Waals surface area contributed by atoms with Gasteiger partial charge in [0.25, 0.3) is 10.0 Å². The van der Waals surface area contributed by atoms with E-state index in [1.807, 2.05) is 30.3 Å². The van der Waals surface area contributed by atoms with Gasteiger partial charge in [-0.3, -0.25) is 4.31 Å². The van der Waals surface area contributed by atoms with Crippen LogP contribution < -0.4 is 13.8 Å². The lowest BCUT2D eigenvalue weighted by Crippen LogP contribution is -2.30. The van der Waals surface area contributed by atoms with Crippen molar-refractivity contribution in [1.29, 1.82) is 0 Å². The van der Waals surface area contributed by atoms with Gasteiger partial charge in [-0.2, -0.15) is 0 Å². The van der Waals surface area contributed by atoms with Crippen molar-refractivity contribution in [3.63, 3.8) is 0 Å². The van der Waals surface area contributed by atoms with Gasteiger partial charge in [-0.1, -0.05) is 54.1 Å². The first-order valence-corrected chi connectivity index (χ1v) is 10.3. The topological polar surface area (TPSA) is 55.8 Å². The number of benzene rings is 3. The zero-order valence-electron chi connectivity index (χ0n) is 15.5. The maximum absolute atomic E-state index is 13.5. The fraction of sp³-hybridized carbons (Fsp3) is 0.143. The van der Waals surface area contributed by atoms with Gasteiger partial charge in [-0.05, 0) is 17.7 Å². The van der Waals surface area contributed by atoms with Gasteiger partial charge in [-0.15, -0.1) is 0 Å². The summed E-state index contributed by atoms with van der Waals surface area (Å²) < 4.78 is 39.0. The molecule has 3 aromatic carbocycles. The minimum atomic E-state index is -3.94. The Morgan fingerprint density at radius 1 is 0.857 bits per heavy atom. The summed E-state index contributed by atoms with van der Waals surface area (Å²) in [6.07, 6.45) is 0. The summed E-state index contributed by atoms with van der Waals surface area (Å²) >= 11 is 6.21. The second-order valence-electron chi connectivity index (χ2n) is 6.00. The molecule has 0 aromatic heterocycles. The summed E-state index contributed by atoms with van der Waals surface area (Å²) in [7, 11) is -0.910. The summed E-state index contributed by atoms with van der Waals surface area (Å²) in [4.78, 5) is 0.0365. The summed E-state index contributed by atoms with van der Waals surface area (Å²) in [6, 6.07) is 20.7. The maximum atomic E-state index is 13.5. The molecule has 28 heavy (non-hydrogen) atoms. The van der Waals surface area contributed by atoms with Gasteiger partial charge in [0.05, 0.1) is 31.5 Å². The summed E-state index contributed by atoms with van der Waals surface area (Å²) in [5.74, 6) is 0.976. The van der Waals surface area contributed by atoms with Crippen molar-refractivity contribution in [2.75, 3.05) is 18.5 Å². The van der Waals surface area contributed by atoms with E-state index in [0.29, 0.717) is 17.2 Å². The Kier molecular flexibility index (Phi) is 6.11. The lowest BCUT2D eigenvalue weighted by molar-refractivity contribution is 0.394. The predicted octanol–water partition coefficient (Wildman–Crippen LogP) is 4.75. The lowest BCUT2D eigenvalue weighted by Gasteiger charge is -2.26. The molecule has 0 radical (unpaired) electrons. The second-order valence-corrected chi connectivity index (χ2v) is 8.24. The van der Waals surface area contributed by atoms with E-state index in [0.717, 1.165) is 5.56 Å². The van der Waals surface area contributed by atoms with E-state index in [-0.39, 0.29) is 16.5 Å². The van der Waals surface area contributed by atoms with E-state index in [1.165, 1.54) is 24.6 Å². The molecule has 3 rings (SSSR count). The van der Waals surface area contributed by atoms with Crippen LogP contribution in [0.5, 0.6) is 11.5 Å². The molecule has 0 fully saturated rings. The molecular weight excluding hydrogens is 398 g/mol. The molecule has 146 valence electrons. The molecule has 0 saturated carbocycles. The Labute approximate surface area is 170 Å². The maximum Gasteiger partial charge on any atom is 0.266 e. The van der Waals surface area contributed by atoms with E-state index in [4.69, 9.17) is 21.1 Å². The molecule has 3 aromatic rings. The highest BCUT2D eigenvalue weighted by molar-refractivity contribution is 7.93. The van der Waals surface area contributed by atoms with Crippen molar-refractivity contribution in [2.24, 2.45) is 0 Å². The molecule has 0 N–H and O–H groups in total. The van der Waals surface area contributed by atoms with Crippen molar-refractivity contribution in [3.8, 4) is 11.5 Å². The Morgan fingerprint density at radius 2 is 1.43 bits per heavy atom. The molecule has 7 heteroatoms. The predicted molar refractivity (Wildman–Crippen MR) is 111 cm³/mol. The third kappa shape index (κ3) is 4.24. The first kappa shape index (κ1) is 20.0. The van der Waals surface area contributed by atoms with Crippen molar-refractivity contribution in [2.45, 2.75) is 11.4 Å². The van der Waals surface area contributed by atoms with Gasteiger partial charge >= 0.3 is 0 Å². The van der Waals surface area contributed by atoms with Gasteiger partial charge in [0, 0.05) is 18.2 Å². The number of hydrogen-bond donors (Lipinski definition) is 0. The minimum absolute atomic E-state index is 0.0365. The summed E-state index contributed by atoms with van der Waals surface area (Å²) in [5.41, 5.74) is 1.25. The Bertz CT molecular complexity index is 1030. The van der Waals surface area contributed by atoms with Crippen LogP contribution in [0.4, 0.5) is 5.69 Å². The van der Waals surface area contributed by atoms with Crippen molar-refractivity contribution >= 4 is 27.3 Å². The molecule has 0 aliphatic heterocycles. The third-order valence-electron chi connectivity index (χ3n) is 4.20. The van der Waals surface area contributed by atoms with Gasteiger partial charge in [0.15, 0.2) is 0 Å². The number of nitrogens with zero attached hydrogens (tertiary/aromatic N) is 1. The Balaban J connectivity index is 2.17. The molecule has 0 heterocycles. The zero-order chi connectivity index (χ0) is 20.1. The highest BCUT2D eigenvalue weighted by Crippen LogP contribution is 2.34. The second kappa shape index (κ2) is 8.54. The van der Waals surface area contributed by atoms with Crippen LogP contribution in [0.1, 0.15) is 5.56 Å². The standard InChI is InChI=1S/C21H20ClNO4S/c1-26-18-12-17(13-19(14-18)27-2)23(15-16-8-4-3-5-9-16)28(24,25)21-11-7-6-10-20(21)22/h3-14H,15H2,1-2H3. The van der Waals surface area contributed by atoms with Gasteiger partial charge in [0.2, 0.25) is 0 Å². The minimum Gasteiger partial charge on any atom is -0.497 e. The Hall–Kier alpha value is -2.70. The molecule has 0 atom stereocenters. The van der Waals surface area contributed by atoms with Crippen LogP contribution in [-0.2, 0) is 16.6 Å².